The fourth-order valence-corrected chi connectivity index (χ4v) is 1.73. The summed E-state index contributed by atoms with van der Waals surface area (Å²) in [6.45, 7) is 1.60. The lowest BCUT2D eigenvalue weighted by molar-refractivity contribution is -0.145. The molecule has 5 nitrogen and oxygen atoms in total. The summed E-state index contributed by atoms with van der Waals surface area (Å²) in [5, 5.41) is 20.4. The fourth-order valence-electron chi connectivity index (χ4n) is 1.73. The number of hydrogen-bond acceptors (Lipinski definition) is 3. The van der Waals surface area contributed by atoms with Gasteiger partial charge < -0.3 is 15.5 Å². The van der Waals surface area contributed by atoms with Gasteiger partial charge in [0.15, 0.2) is 0 Å². The Morgan fingerprint density at radius 3 is 2.50 bits per heavy atom. The minimum Gasteiger partial charge on any atom is -0.481 e. The molecule has 80 valence electrons. The molecule has 0 radical (unpaired) electrons. The summed E-state index contributed by atoms with van der Waals surface area (Å²) in [7, 11) is 0. The van der Waals surface area contributed by atoms with Gasteiger partial charge >= 0.3 is 11.9 Å². The Hall–Kier alpha value is -1.10. The molecule has 1 fully saturated rings. The number of aliphatic carboxylic acids is 2. The highest BCUT2D eigenvalue weighted by Gasteiger charge is 2.31. The van der Waals surface area contributed by atoms with Crippen LogP contribution in [0.15, 0.2) is 0 Å². The van der Waals surface area contributed by atoms with E-state index in [-0.39, 0.29) is 6.04 Å². The van der Waals surface area contributed by atoms with Crippen LogP contribution in [-0.4, -0.2) is 34.2 Å². The number of nitrogens with one attached hydrogen (secondary N) is 1. The normalized spacial score (nSPS) is 29.5. The third kappa shape index (κ3) is 2.45. The third-order valence-electron chi connectivity index (χ3n) is 2.71. The maximum absolute atomic E-state index is 10.7. The van der Waals surface area contributed by atoms with Gasteiger partial charge in [-0.3, -0.25) is 9.59 Å². The average molecular weight is 201 g/mol. The first-order valence-corrected chi connectivity index (χ1v) is 4.74. The lowest BCUT2D eigenvalue weighted by atomic mass is 9.90. The third-order valence-corrected chi connectivity index (χ3v) is 2.71. The Balaban J connectivity index is 2.55. The molecule has 0 aromatic heterocycles. The van der Waals surface area contributed by atoms with Crippen LogP contribution in [0.4, 0.5) is 0 Å². The monoisotopic (exact) mass is 201 g/mol. The second-order valence-corrected chi connectivity index (χ2v) is 3.72. The van der Waals surface area contributed by atoms with Crippen LogP contribution in [0.25, 0.3) is 0 Å². The first-order chi connectivity index (χ1) is 6.52. The van der Waals surface area contributed by atoms with Gasteiger partial charge in [-0.05, 0) is 19.3 Å². The quantitative estimate of drug-likeness (QED) is 0.611. The number of hydrogen-bond donors (Lipinski definition) is 3. The molecule has 0 aromatic rings. The van der Waals surface area contributed by atoms with Crippen LogP contribution in [0.3, 0.4) is 0 Å². The molecule has 0 unspecified atom stereocenters. The van der Waals surface area contributed by atoms with E-state index in [4.69, 9.17) is 10.2 Å². The maximum Gasteiger partial charge on any atom is 0.320 e. The summed E-state index contributed by atoms with van der Waals surface area (Å²) >= 11 is 0. The van der Waals surface area contributed by atoms with E-state index in [1.807, 2.05) is 0 Å². The second kappa shape index (κ2) is 4.41. The van der Waals surface area contributed by atoms with E-state index in [1.165, 1.54) is 0 Å². The van der Waals surface area contributed by atoms with E-state index in [2.05, 4.69) is 5.32 Å². The molecule has 0 aromatic carbocycles. The van der Waals surface area contributed by atoms with Crippen LogP contribution in [0.1, 0.15) is 26.2 Å². The molecule has 0 aliphatic carbocycles. The first kappa shape index (κ1) is 11.0. The van der Waals surface area contributed by atoms with Gasteiger partial charge in [-0.2, -0.15) is 0 Å². The Kier molecular flexibility index (Phi) is 3.46. The van der Waals surface area contributed by atoms with Crippen molar-refractivity contribution in [3.63, 3.8) is 0 Å². The molecule has 5 heteroatoms. The fraction of sp³-hybridized carbons (Fsp3) is 0.778. The molecule has 1 aliphatic rings. The molecule has 0 spiro atoms. The van der Waals surface area contributed by atoms with Crippen LogP contribution in [0.5, 0.6) is 0 Å². The Labute approximate surface area is 82.1 Å². The van der Waals surface area contributed by atoms with Gasteiger partial charge in [0.1, 0.15) is 6.04 Å². The lowest BCUT2D eigenvalue weighted by Gasteiger charge is -2.30. The topological polar surface area (TPSA) is 86.6 Å². The number of piperidine rings is 1. The van der Waals surface area contributed by atoms with E-state index >= 15 is 0 Å². The van der Waals surface area contributed by atoms with E-state index in [9.17, 15) is 9.59 Å². The van der Waals surface area contributed by atoms with E-state index in [0.29, 0.717) is 6.42 Å². The van der Waals surface area contributed by atoms with Crippen LogP contribution >= 0.6 is 0 Å². The molecule has 0 saturated carbocycles. The van der Waals surface area contributed by atoms with E-state index in [0.717, 1.165) is 12.8 Å². The predicted molar refractivity (Wildman–Crippen MR) is 49.0 cm³/mol. The molecule has 3 atom stereocenters. The van der Waals surface area contributed by atoms with Crippen LogP contribution < -0.4 is 5.32 Å². The maximum atomic E-state index is 10.7. The van der Waals surface area contributed by atoms with Gasteiger partial charge in [-0.25, -0.2) is 0 Å². The SMILES string of the molecule is C[C@H](C(=O)O)[C@@H]1CCC[C@@H](C(=O)O)N1. The summed E-state index contributed by atoms with van der Waals surface area (Å²) < 4.78 is 0. The zero-order valence-electron chi connectivity index (χ0n) is 8.06. The molecule has 1 saturated heterocycles. The molecule has 0 amide bonds. The van der Waals surface area contributed by atoms with Crippen molar-refractivity contribution < 1.29 is 19.8 Å². The van der Waals surface area contributed by atoms with Crippen molar-refractivity contribution in [3.05, 3.63) is 0 Å². The number of carbonyl (C=O) groups is 2. The summed E-state index contributed by atoms with van der Waals surface area (Å²) in [4.78, 5) is 21.4. The molecule has 3 N–H and O–H groups in total. The van der Waals surface area contributed by atoms with Gasteiger partial charge in [0.25, 0.3) is 0 Å². The van der Waals surface area contributed by atoms with E-state index in [1.54, 1.807) is 6.92 Å². The standard InChI is InChI=1S/C9H15NO4/c1-5(8(11)12)6-3-2-4-7(10-6)9(13)14/h5-7,10H,2-4H2,1H3,(H,11,12)(H,13,14)/t5-,6-,7-/m0/s1. The highest BCUT2D eigenvalue weighted by molar-refractivity contribution is 5.74. The minimum atomic E-state index is -0.896. The highest BCUT2D eigenvalue weighted by Crippen LogP contribution is 2.18. The minimum absolute atomic E-state index is 0.220. The zero-order chi connectivity index (χ0) is 10.7. The zero-order valence-corrected chi connectivity index (χ0v) is 8.06. The predicted octanol–water partition coefficient (Wildman–Crippen LogP) is 0.302. The summed E-state index contributed by atoms with van der Waals surface area (Å²) in [6.07, 6.45) is 2.08. The van der Waals surface area contributed by atoms with E-state index < -0.39 is 23.9 Å². The molecule has 0 bridgehead atoms. The first-order valence-electron chi connectivity index (χ1n) is 4.74. The van der Waals surface area contributed by atoms with Gasteiger partial charge in [0.05, 0.1) is 5.92 Å². The van der Waals surface area contributed by atoms with Crippen molar-refractivity contribution in [2.45, 2.75) is 38.3 Å². The van der Waals surface area contributed by atoms with Crippen molar-refractivity contribution in [3.8, 4) is 0 Å². The number of carboxylic acids is 2. The lowest BCUT2D eigenvalue weighted by Crippen LogP contribution is -2.50. The van der Waals surface area contributed by atoms with Crippen molar-refractivity contribution in [2.24, 2.45) is 5.92 Å². The summed E-state index contributed by atoms with van der Waals surface area (Å²) in [5.74, 6) is -2.31. The average Bonchev–Trinajstić information content (AvgIpc) is 2.16. The summed E-state index contributed by atoms with van der Waals surface area (Å²) in [5.41, 5.74) is 0. The number of carboxylic acid groups (broad SMARTS) is 2. The molecular weight excluding hydrogens is 186 g/mol. The smallest absolute Gasteiger partial charge is 0.320 e. The Bertz CT molecular complexity index is 229. The highest BCUT2D eigenvalue weighted by atomic mass is 16.4. The van der Waals surface area contributed by atoms with Crippen LogP contribution in [-0.2, 0) is 9.59 Å². The molecule has 14 heavy (non-hydrogen) atoms. The second-order valence-electron chi connectivity index (χ2n) is 3.72. The van der Waals surface area contributed by atoms with Gasteiger partial charge in [-0.15, -0.1) is 0 Å². The molecule has 1 heterocycles. The van der Waals surface area contributed by atoms with Gasteiger partial charge in [0, 0.05) is 6.04 Å². The number of rotatable bonds is 3. The van der Waals surface area contributed by atoms with Gasteiger partial charge in [-0.1, -0.05) is 6.92 Å². The molecule has 1 rings (SSSR count). The molecular formula is C9H15NO4. The van der Waals surface area contributed by atoms with Crippen molar-refractivity contribution >= 4 is 11.9 Å². The largest absolute Gasteiger partial charge is 0.481 e. The van der Waals surface area contributed by atoms with Crippen molar-refractivity contribution in [1.82, 2.24) is 5.32 Å². The summed E-state index contributed by atoms with van der Waals surface area (Å²) in [6, 6.07) is -0.808. The Morgan fingerprint density at radius 1 is 1.36 bits per heavy atom. The van der Waals surface area contributed by atoms with Crippen molar-refractivity contribution in [2.75, 3.05) is 0 Å². The Morgan fingerprint density at radius 2 is 2.00 bits per heavy atom. The van der Waals surface area contributed by atoms with Gasteiger partial charge in [0.2, 0.25) is 0 Å². The van der Waals surface area contributed by atoms with Crippen molar-refractivity contribution in [1.29, 1.82) is 0 Å². The van der Waals surface area contributed by atoms with Crippen LogP contribution in [0.2, 0.25) is 0 Å². The van der Waals surface area contributed by atoms with Crippen LogP contribution in [0, 0.1) is 5.92 Å². The molecule has 1 aliphatic heterocycles.